The smallest absolute Gasteiger partial charge is 0.226 e. The van der Waals surface area contributed by atoms with E-state index in [4.69, 9.17) is 16.3 Å². The summed E-state index contributed by atoms with van der Waals surface area (Å²) in [5, 5.41) is 30.2. The molecule has 0 bridgehead atoms. The van der Waals surface area contributed by atoms with Gasteiger partial charge in [-0.1, -0.05) is 60.7 Å². The summed E-state index contributed by atoms with van der Waals surface area (Å²) in [6.07, 6.45) is -2.87. The van der Waals surface area contributed by atoms with E-state index in [1.807, 2.05) is 36.4 Å². The number of imidazole rings is 1. The Morgan fingerprint density at radius 3 is 2.14 bits per heavy atom. The number of aliphatic hydroxyl groups is 3. The molecule has 4 atom stereocenters. The van der Waals surface area contributed by atoms with Crippen LogP contribution in [-0.2, 0) is 10.2 Å². The molecule has 0 amide bonds. The number of benzene rings is 2. The number of hydrogen-bond acceptors (Lipinski definition) is 8. The summed E-state index contributed by atoms with van der Waals surface area (Å²) < 4.78 is 7.20. The molecule has 0 aliphatic carbocycles. The Balaban J connectivity index is 1.38. The van der Waals surface area contributed by atoms with Crippen molar-refractivity contribution >= 4 is 28.6 Å². The predicted molar refractivity (Wildman–Crippen MR) is 129 cm³/mol. The van der Waals surface area contributed by atoms with Crippen molar-refractivity contribution in [1.29, 1.82) is 0 Å². The van der Waals surface area contributed by atoms with Crippen molar-refractivity contribution in [2.24, 2.45) is 0 Å². The van der Waals surface area contributed by atoms with Crippen molar-refractivity contribution in [3.63, 3.8) is 0 Å². The van der Waals surface area contributed by atoms with E-state index in [0.717, 1.165) is 0 Å². The summed E-state index contributed by atoms with van der Waals surface area (Å²) >= 11 is 6.33. The third-order valence-corrected chi connectivity index (χ3v) is 7.21. The molecule has 35 heavy (non-hydrogen) atoms. The molecule has 10 heteroatoms. The number of rotatable bonds is 5. The Hall–Kier alpha value is -3.08. The minimum Gasteiger partial charge on any atom is -0.394 e. The fourth-order valence-corrected chi connectivity index (χ4v) is 5.35. The van der Waals surface area contributed by atoms with E-state index >= 15 is 0 Å². The highest BCUT2D eigenvalue weighted by Gasteiger charge is 2.48. The Morgan fingerprint density at radius 2 is 1.57 bits per heavy atom. The highest BCUT2D eigenvalue weighted by molar-refractivity contribution is 6.28. The normalized spacial score (nSPS) is 25.7. The standard InChI is InChI=1S/C25H24ClN5O4/c26-24-28-21(18-22(29-24)31(14-27-18)23-20(34)19(33)17(11-32)35-23)30-12-25(13-30,15-7-3-1-4-8-15)16-9-5-2-6-10-16/h1-10,14,17,19-20,23,32-34H,11-13H2/t17-,19+,20?,23-/m1/s1. The number of aliphatic hydroxyl groups excluding tert-OH is 3. The average molecular weight is 494 g/mol. The molecule has 2 aromatic heterocycles. The lowest BCUT2D eigenvalue weighted by molar-refractivity contribution is -0.0511. The zero-order valence-corrected chi connectivity index (χ0v) is 19.4. The zero-order valence-electron chi connectivity index (χ0n) is 18.6. The molecule has 3 N–H and O–H groups in total. The lowest BCUT2D eigenvalue weighted by Gasteiger charge is -2.51. The number of anilines is 1. The van der Waals surface area contributed by atoms with Crippen LogP contribution in [0.3, 0.4) is 0 Å². The van der Waals surface area contributed by atoms with Crippen LogP contribution in [0.4, 0.5) is 5.82 Å². The molecule has 2 aliphatic rings. The van der Waals surface area contributed by atoms with Crippen molar-refractivity contribution in [2.45, 2.75) is 30.0 Å². The van der Waals surface area contributed by atoms with Crippen LogP contribution in [0.5, 0.6) is 0 Å². The van der Waals surface area contributed by atoms with E-state index in [2.05, 4.69) is 44.1 Å². The van der Waals surface area contributed by atoms with Crippen LogP contribution in [0.1, 0.15) is 17.4 Å². The van der Waals surface area contributed by atoms with Crippen LogP contribution in [0, 0.1) is 0 Å². The first-order valence-corrected chi connectivity index (χ1v) is 11.8. The fraction of sp³-hybridized carbons (Fsp3) is 0.320. The minimum absolute atomic E-state index is 0.0397. The Morgan fingerprint density at radius 1 is 0.943 bits per heavy atom. The Bertz CT molecular complexity index is 1300. The number of fused-ring (bicyclic) bond motifs is 1. The van der Waals surface area contributed by atoms with Crippen molar-refractivity contribution in [1.82, 2.24) is 19.5 Å². The van der Waals surface area contributed by atoms with Gasteiger partial charge in [0, 0.05) is 13.1 Å². The molecule has 2 fully saturated rings. The highest BCUT2D eigenvalue weighted by atomic mass is 35.5. The molecule has 2 aromatic carbocycles. The van der Waals surface area contributed by atoms with E-state index in [-0.39, 0.29) is 10.7 Å². The molecule has 4 heterocycles. The van der Waals surface area contributed by atoms with Crippen LogP contribution in [0.2, 0.25) is 5.28 Å². The number of ether oxygens (including phenoxy) is 1. The maximum absolute atomic E-state index is 10.5. The lowest BCUT2D eigenvalue weighted by atomic mass is 9.68. The van der Waals surface area contributed by atoms with Gasteiger partial charge < -0.3 is 25.0 Å². The first-order valence-electron chi connectivity index (χ1n) is 11.4. The van der Waals surface area contributed by atoms with Gasteiger partial charge in [0.2, 0.25) is 5.28 Å². The Kier molecular flexibility index (Phi) is 5.46. The topological polar surface area (TPSA) is 117 Å². The molecule has 9 nitrogen and oxygen atoms in total. The highest BCUT2D eigenvalue weighted by Crippen LogP contribution is 2.44. The van der Waals surface area contributed by atoms with Crippen LogP contribution in [0.15, 0.2) is 67.0 Å². The quantitative estimate of drug-likeness (QED) is 0.361. The molecular formula is C25H24ClN5O4. The summed E-state index contributed by atoms with van der Waals surface area (Å²) in [7, 11) is 0. The molecule has 1 unspecified atom stereocenters. The van der Waals surface area contributed by atoms with Gasteiger partial charge in [-0.05, 0) is 22.7 Å². The van der Waals surface area contributed by atoms with Crippen LogP contribution >= 0.6 is 11.6 Å². The van der Waals surface area contributed by atoms with Gasteiger partial charge in [-0.2, -0.15) is 9.97 Å². The summed E-state index contributed by atoms with van der Waals surface area (Å²) in [5.74, 6) is 0.591. The minimum atomic E-state index is -1.26. The van der Waals surface area contributed by atoms with Crippen molar-refractivity contribution in [3.05, 3.63) is 83.4 Å². The molecule has 4 aromatic rings. The maximum Gasteiger partial charge on any atom is 0.226 e. The van der Waals surface area contributed by atoms with E-state index in [0.29, 0.717) is 30.1 Å². The predicted octanol–water partition coefficient (Wildman–Crippen LogP) is 1.90. The van der Waals surface area contributed by atoms with Crippen molar-refractivity contribution in [3.8, 4) is 0 Å². The average Bonchev–Trinajstić information content (AvgIpc) is 3.40. The molecule has 0 saturated carbocycles. The molecule has 0 radical (unpaired) electrons. The maximum atomic E-state index is 10.5. The SMILES string of the molecule is OC[C@H]1O[C@@H](n2cnc3c(N4CC(c5ccccc5)(c5ccccc5)C4)nc(Cl)nc32)C(O)[C@H]1O. The summed E-state index contributed by atoms with van der Waals surface area (Å²) in [4.78, 5) is 15.5. The molecule has 0 spiro atoms. The van der Waals surface area contributed by atoms with E-state index < -0.39 is 31.1 Å². The number of nitrogens with zero attached hydrogens (tertiary/aromatic N) is 5. The summed E-state index contributed by atoms with van der Waals surface area (Å²) in [5.41, 5.74) is 3.12. The fourth-order valence-electron chi connectivity index (χ4n) is 5.19. The van der Waals surface area contributed by atoms with Gasteiger partial charge in [0.1, 0.15) is 18.3 Å². The van der Waals surface area contributed by atoms with Gasteiger partial charge >= 0.3 is 0 Å². The molecule has 2 aliphatic heterocycles. The van der Waals surface area contributed by atoms with Gasteiger partial charge in [0.05, 0.1) is 18.3 Å². The molecule has 2 saturated heterocycles. The summed E-state index contributed by atoms with van der Waals surface area (Å²) in [6, 6.07) is 20.8. The van der Waals surface area contributed by atoms with Gasteiger partial charge in [0.25, 0.3) is 0 Å². The third-order valence-electron chi connectivity index (χ3n) is 7.04. The second kappa shape index (κ2) is 8.54. The first kappa shape index (κ1) is 22.4. The molecule has 6 rings (SSSR count). The van der Waals surface area contributed by atoms with Crippen molar-refractivity contribution < 1.29 is 20.1 Å². The van der Waals surface area contributed by atoms with Gasteiger partial charge in [-0.15, -0.1) is 0 Å². The van der Waals surface area contributed by atoms with E-state index in [1.54, 1.807) is 0 Å². The van der Waals surface area contributed by atoms with Gasteiger partial charge in [-0.3, -0.25) is 4.57 Å². The van der Waals surface area contributed by atoms with Crippen molar-refractivity contribution in [2.75, 3.05) is 24.6 Å². The third kappa shape index (κ3) is 3.50. The number of hydrogen-bond donors (Lipinski definition) is 3. The zero-order chi connectivity index (χ0) is 24.2. The van der Waals surface area contributed by atoms with Crippen LogP contribution < -0.4 is 4.90 Å². The van der Waals surface area contributed by atoms with Gasteiger partial charge in [-0.25, -0.2) is 4.98 Å². The first-order chi connectivity index (χ1) is 17.0. The largest absolute Gasteiger partial charge is 0.394 e. The second-order valence-corrected chi connectivity index (χ2v) is 9.38. The second-order valence-electron chi connectivity index (χ2n) is 9.04. The van der Waals surface area contributed by atoms with Crippen LogP contribution in [0.25, 0.3) is 11.2 Å². The number of halogens is 1. The summed E-state index contributed by atoms with van der Waals surface area (Å²) in [6.45, 7) is 0.922. The van der Waals surface area contributed by atoms with Crippen LogP contribution in [-0.4, -0.2) is 72.8 Å². The monoisotopic (exact) mass is 493 g/mol. The van der Waals surface area contributed by atoms with E-state index in [9.17, 15) is 15.3 Å². The molecular weight excluding hydrogens is 470 g/mol. The Labute approximate surface area is 206 Å². The molecule has 180 valence electrons. The number of aromatic nitrogens is 4. The lowest BCUT2D eigenvalue weighted by Crippen LogP contribution is -2.60. The van der Waals surface area contributed by atoms with Gasteiger partial charge in [0.15, 0.2) is 23.2 Å². The van der Waals surface area contributed by atoms with E-state index in [1.165, 1.54) is 22.0 Å².